The second-order valence-corrected chi connectivity index (χ2v) is 6.29. The first-order valence-electron chi connectivity index (χ1n) is 6.54. The van der Waals surface area contributed by atoms with E-state index in [0.29, 0.717) is 4.32 Å². The molecule has 0 aliphatic carbocycles. The van der Waals surface area contributed by atoms with Crippen molar-refractivity contribution in [2.24, 2.45) is 0 Å². The van der Waals surface area contributed by atoms with E-state index in [1.54, 1.807) is 18.3 Å². The molecule has 1 aromatic heterocycles. The van der Waals surface area contributed by atoms with E-state index in [1.165, 1.54) is 27.3 Å². The monoisotopic (exact) mass is 341 g/mol. The van der Waals surface area contributed by atoms with Crippen LogP contribution in [0.4, 0.5) is 0 Å². The van der Waals surface area contributed by atoms with Gasteiger partial charge in [0.25, 0.3) is 5.56 Å². The number of rotatable bonds is 6. The molecule has 1 saturated heterocycles. The summed E-state index contributed by atoms with van der Waals surface area (Å²) in [6.45, 7) is -0.0817. The molecule has 1 aromatic rings. The molecule has 1 atom stereocenters. The second-order valence-electron chi connectivity index (χ2n) is 4.68. The molecule has 1 aliphatic heterocycles. The van der Waals surface area contributed by atoms with Crippen LogP contribution in [0, 0.1) is 0 Å². The molecule has 2 heterocycles. The third kappa shape index (κ3) is 4.39. The Morgan fingerprint density at radius 1 is 1.45 bits per heavy atom. The summed E-state index contributed by atoms with van der Waals surface area (Å²) in [7, 11) is 0. The minimum atomic E-state index is -0.903. The zero-order chi connectivity index (χ0) is 16.1. The number of carbonyl (C=O) groups is 2. The van der Waals surface area contributed by atoms with Crippen LogP contribution in [0.25, 0.3) is 0 Å². The van der Waals surface area contributed by atoms with Crippen LogP contribution in [0.1, 0.15) is 0 Å². The first-order chi connectivity index (χ1) is 10.5. The summed E-state index contributed by atoms with van der Waals surface area (Å²) in [6, 6.07) is 4.69. The van der Waals surface area contributed by atoms with Gasteiger partial charge in [0.05, 0.1) is 18.4 Å². The van der Waals surface area contributed by atoms with Crippen molar-refractivity contribution in [1.29, 1.82) is 0 Å². The number of hydrogen-bond donors (Lipinski definition) is 2. The maximum Gasteiger partial charge on any atom is 0.250 e. The predicted molar refractivity (Wildman–Crippen MR) is 86.5 cm³/mol. The first-order valence-corrected chi connectivity index (χ1v) is 7.94. The Morgan fingerprint density at radius 3 is 2.86 bits per heavy atom. The number of aliphatic hydroxyl groups excluding tert-OH is 1. The van der Waals surface area contributed by atoms with Gasteiger partial charge in [-0.05, 0) is 6.07 Å². The highest BCUT2D eigenvalue weighted by Gasteiger charge is 2.28. The largest absolute Gasteiger partial charge is 0.389 e. The Balaban J connectivity index is 1.78. The normalized spacial score (nSPS) is 16.0. The lowest BCUT2D eigenvalue weighted by Gasteiger charge is -2.16. The lowest BCUT2D eigenvalue weighted by atomic mass is 10.3. The Labute approximate surface area is 136 Å². The molecule has 22 heavy (non-hydrogen) atoms. The maximum atomic E-state index is 11.8. The van der Waals surface area contributed by atoms with Gasteiger partial charge in [0, 0.05) is 18.8 Å². The fourth-order valence-electron chi connectivity index (χ4n) is 1.87. The van der Waals surface area contributed by atoms with Crippen molar-refractivity contribution in [1.82, 2.24) is 14.8 Å². The number of thioether (sulfide) groups is 1. The summed E-state index contributed by atoms with van der Waals surface area (Å²) in [5, 5.41) is 12.4. The number of aromatic nitrogens is 1. The summed E-state index contributed by atoms with van der Waals surface area (Å²) in [6.07, 6.45) is 0.658. The van der Waals surface area contributed by atoms with E-state index >= 15 is 0 Å². The Kier molecular flexibility index (Phi) is 5.69. The van der Waals surface area contributed by atoms with Crippen molar-refractivity contribution in [3.63, 3.8) is 0 Å². The minimum absolute atomic E-state index is 0.0118. The average Bonchev–Trinajstić information content (AvgIpc) is 2.79. The number of nitrogens with one attached hydrogen (secondary N) is 1. The number of carbonyl (C=O) groups excluding carboxylic acids is 2. The molecule has 1 unspecified atom stereocenters. The van der Waals surface area contributed by atoms with Crippen molar-refractivity contribution in [3.05, 3.63) is 34.7 Å². The average molecular weight is 341 g/mol. The van der Waals surface area contributed by atoms with Gasteiger partial charge >= 0.3 is 0 Å². The highest BCUT2D eigenvalue weighted by molar-refractivity contribution is 8.23. The van der Waals surface area contributed by atoms with Gasteiger partial charge in [0.2, 0.25) is 11.8 Å². The molecule has 0 saturated carbocycles. The third-order valence-corrected chi connectivity index (χ3v) is 4.42. The highest BCUT2D eigenvalue weighted by Crippen LogP contribution is 2.18. The lowest BCUT2D eigenvalue weighted by molar-refractivity contribution is -0.130. The Hall–Kier alpha value is -1.71. The van der Waals surface area contributed by atoms with Crippen LogP contribution in [0.2, 0.25) is 0 Å². The number of aliphatic hydroxyl groups is 1. The zero-order valence-electron chi connectivity index (χ0n) is 11.6. The summed E-state index contributed by atoms with van der Waals surface area (Å²) in [5.74, 6) is -0.342. The summed E-state index contributed by atoms with van der Waals surface area (Å²) in [4.78, 5) is 36.0. The summed E-state index contributed by atoms with van der Waals surface area (Å²) < 4.78 is 1.74. The van der Waals surface area contributed by atoms with Crippen molar-refractivity contribution < 1.29 is 14.7 Å². The quantitative estimate of drug-likeness (QED) is 0.658. The highest BCUT2D eigenvalue weighted by atomic mass is 32.2. The van der Waals surface area contributed by atoms with Crippen LogP contribution in [0.3, 0.4) is 0 Å². The van der Waals surface area contributed by atoms with E-state index in [0.717, 1.165) is 0 Å². The molecule has 1 aliphatic rings. The van der Waals surface area contributed by atoms with Crippen molar-refractivity contribution in [2.75, 3.05) is 18.8 Å². The van der Waals surface area contributed by atoms with E-state index in [-0.39, 0.29) is 36.9 Å². The molecular weight excluding hydrogens is 326 g/mol. The fourth-order valence-corrected chi connectivity index (χ4v) is 2.94. The van der Waals surface area contributed by atoms with E-state index < -0.39 is 12.0 Å². The van der Waals surface area contributed by atoms with Gasteiger partial charge in [0.15, 0.2) is 0 Å². The van der Waals surface area contributed by atoms with Crippen LogP contribution >= 0.6 is 24.0 Å². The van der Waals surface area contributed by atoms with Crippen LogP contribution in [0.15, 0.2) is 29.2 Å². The molecular formula is C13H15N3O4S2. The van der Waals surface area contributed by atoms with Crippen LogP contribution < -0.4 is 10.9 Å². The van der Waals surface area contributed by atoms with Crippen molar-refractivity contribution in [3.8, 4) is 0 Å². The molecule has 118 valence electrons. The molecule has 2 rings (SSSR count). The number of thiocarbonyl (C=S) groups is 1. The van der Waals surface area contributed by atoms with Gasteiger partial charge in [0.1, 0.15) is 10.9 Å². The molecule has 0 bridgehead atoms. The van der Waals surface area contributed by atoms with Gasteiger partial charge < -0.3 is 15.0 Å². The van der Waals surface area contributed by atoms with Crippen LogP contribution in [-0.4, -0.2) is 55.7 Å². The molecule has 9 heteroatoms. The van der Waals surface area contributed by atoms with Gasteiger partial charge in [-0.15, -0.1) is 0 Å². The molecule has 1 fully saturated rings. The number of pyridine rings is 1. The first kappa shape index (κ1) is 16.7. The fraction of sp³-hybridized carbons (Fsp3) is 0.385. The number of amides is 2. The number of nitrogens with zero attached hydrogens (tertiary/aromatic N) is 2. The molecule has 2 amide bonds. The van der Waals surface area contributed by atoms with E-state index in [1.807, 2.05) is 0 Å². The van der Waals surface area contributed by atoms with Gasteiger partial charge in [-0.3, -0.25) is 19.3 Å². The standard InChI is InChI=1S/C13H15N3O4S2/c17-9(6-15-4-2-1-3-11(15)19)5-14-10(18)7-16-12(20)8-22-13(16)21/h1-4,9,17H,5-8H2,(H,14,18). The zero-order valence-corrected chi connectivity index (χ0v) is 13.2. The third-order valence-electron chi connectivity index (χ3n) is 2.98. The summed E-state index contributed by atoms with van der Waals surface area (Å²) in [5.41, 5.74) is -0.224. The lowest BCUT2D eigenvalue weighted by Crippen LogP contribution is -2.43. The topological polar surface area (TPSA) is 91.6 Å². The molecule has 0 aromatic carbocycles. The van der Waals surface area contributed by atoms with E-state index in [2.05, 4.69) is 5.32 Å². The van der Waals surface area contributed by atoms with Crippen molar-refractivity contribution >= 4 is 40.1 Å². The SMILES string of the molecule is O=C(CN1C(=O)CSC1=S)NCC(O)Cn1ccccc1=O. The second kappa shape index (κ2) is 7.52. The smallest absolute Gasteiger partial charge is 0.250 e. The maximum absolute atomic E-state index is 11.8. The predicted octanol–water partition coefficient (Wildman–Crippen LogP) is -0.814. The number of hydrogen-bond acceptors (Lipinski definition) is 6. The van der Waals surface area contributed by atoms with Crippen LogP contribution in [-0.2, 0) is 16.1 Å². The molecule has 7 nitrogen and oxygen atoms in total. The van der Waals surface area contributed by atoms with E-state index in [4.69, 9.17) is 12.2 Å². The van der Waals surface area contributed by atoms with Crippen molar-refractivity contribution in [2.45, 2.75) is 12.6 Å². The van der Waals surface area contributed by atoms with Crippen LogP contribution in [0.5, 0.6) is 0 Å². The molecule has 0 radical (unpaired) electrons. The Morgan fingerprint density at radius 2 is 2.23 bits per heavy atom. The molecule has 0 spiro atoms. The van der Waals surface area contributed by atoms with Gasteiger partial charge in [-0.25, -0.2) is 0 Å². The van der Waals surface area contributed by atoms with E-state index in [9.17, 15) is 19.5 Å². The summed E-state index contributed by atoms with van der Waals surface area (Å²) >= 11 is 6.20. The van der Waals surface area contributed by atoms with Gasteiger partial charge in [-0.2, -0.15) is 0 Å². The minimum Gasteiger partial charge on any atom is -0.389 e. The van der Waals surface area contributed by atoms with Gasteiger partial charge in [-0.1, -0.05) is 30.0 Å². The molecule has 2 N–H and O–H groups in total. The Bertz CT molecular complexity index is 630.